The monoisotopic (exact) mass is 364 g/mol. The van der Waals surface area contributed by atoms with Crippen LogP contribution in [0.15, 0.2) is 30.3 Å². The van der Waals surface area contributed by atoms with E-state index in [-0.39, 0.29) is 12.5 Å². The van der Waals surface area contributed by atoms with Crippen LogP contribution in [0, 0.1) is 11.3 Å². The Balaban J connectivity index is 2.70. The van der Waals surface area contributed by atoms with Gasteiger partial charge in [0.25, 0.3) is 0 Å². The fourth-order valence-corrected chi connectivity index (χ4v) is 2.31. The van der Waals surface area contributed by atoms with Gasteiger partial charge in [-0.2, -0.15) is 0 Å². The van der Waals surface area contributed by atoms with Crippen LogP contribution in [0.2, 0.25) is 0 Å². The fourth-order valence-electron chi connectivity index (χ4n) is 2.31. The summed E-state index contributed by atoms with van der Waals surface area (Å²) in [4.78, 5) is 36.0. The Hall–Kier alpha value is -2.57. The predicted octanol–water partition coefficient (Wildman–Crippen LogP) is 2.55. The van der Waals surface area contributed by atoms with Gasteiger partial charge in [0.1, 0.15) is 18.7 Å². The van der Waals surface area contributed by atoms with Crippen molar-refractivity contribution in [1.29, 1.82) is 0 Å². The number of carbonyl (C=O) groups excluding carboxylic acids is 2. The number of hydrogen-bond acceptors (Lipinski definition) is 4. The third kappa shape index (κ3) is 6.74. The maximum Gasteiger partial charge on any atom is 0.408 e. The average molecular weight is 364 g/mol. The van der Waals surface area contributed by atoms with E-state index in [1.165, 1.54) is 0 Å². The molecule has 0 aliphatic rings. The fraction of sp³-hybridized carbons (Fsp3) is 0.526. The lowest BCUT2D eigenvalue weighted by Gasteiger charge is -2.30. The van der Waals surface area contributed by atoms with Gasteiger partial charge in [-0.15, -0.1) is 0 Å². The summed E-state index contributed by atoms with van der Waals surface area (Å²) in [6.07, 6.45) is -0.731. The summed E-state index contributed by atoms with van der Waals surface area (Å²) >= 11 is 0. The van der Waals surface area contributed by atoms with Crippen molar-refractivity contribution >= 4 is 18.0 Å². The highest BCUT2D eigenvalue weighted by molar-refractivity contribution is 5.89. The van der Waals surface area contributed by atoms with Crippen LogP contribution < -0.4 is 10.6 Å². The normalized spacial score (nSPS) is 13.6. The third-order valence-corrected chi connectivity index (χ3v) is 3.83. The molecule has 0 spiro atoms. The summed E-state index contributed by atoms with van der Waals surface area (Å²) < 4.78 is 5.13. The van der Waals surface area contributed by atoms with Crippen LogP contribution in [0.3, 0.4) is 0 Å². The van der Waals surface area contributed by atoms with Crippen molar-refractivity contribution in [3.8, 4) is 0 Å². The van der Waals surface area contributed by atoms with Gasteiger partial charge in [-0.25, -0.2) is 9.59 Å². The number of amides is 2. The van der Waals surface area contributed by atoms with Crippen molar-refractivity contribution in [3.63, 3.8) is 0 Å². The Kier molecular flexibility index (Phi) is 7.61. The largest absolute Gasteiger partial charge is 0.480 e. The van der Waals surface area contributed by atoms with Crippen LogP contribution in [-0.4, -0.2) is 35.2 Å². The van der Waals surface area contributed by atoms with Gasteiger partial charge in [0.05, 0.1) is 0 Å². The summed E-state index contributed by atoms with van der Waals surface area (Å²) in [5.74, 6) is -1.92. The van der Waals surface area contributed by atoms with E-state index in [0.29, 0.717) is 0 Å². The van der Waals surface area contributed by atoms with Gasteiger partial charge >= 0.3 is 12.1 Å². The molecule has 0 saturated carbocycles. The molecule has 0 heterocycles. The molecule has 7 nitrogen and oxygen atoms in total. The molecule has 1 rings (SSSR count). The minimum Gasteiger partial charge on any atom is -0.480 e. The van der Waals surface area contributed by atoms with Gasteiger partial charge in [0.2, 0.25) is 5.91 Å². The van der Waals surface area contributed by atoms with Crippen molar-refractivity contribution < 1.29 is 24.2 Å². The molecule has 7 heteroatoms. The second kappa shape index (κ2) is 9.22. The van der Waals surface area contributed by atoms with Crippen LogP contribution in [0.5, 0.6) is 0 Å². The van der Waals surface area contributed by atoms with Crippen LogP contribution in [-0.2, 0) is 20.9 Å². The Morgan fingerprint density at radius 3 is 2.12 bits per heavy atom. The molecule has 3 N–H and O–H groups in total. The maximum absolute atomic E-state index is 12.5. The van der Waals surface area contributed by atoms with E-state index in [1.54, 1.807) is 34.6 Å². The number of rotatable bonds is 7. The summed E-state index contributed by atoms with van der Waals surface area (Å²) in [6.45, 7) is 8.76. The van der Waals surface area contributed by atoms with E-state index in [9.17, 15) is 19.5 Å². The van der Waals surface area contributed by atoms with E-state index in [0.717, 1.165) is 5.56 Å². The smallest absolute Gasteiger partial charge is 0.408 e. The summed E-state index contributed by atoms with van der Waals surface area (Å²) in [7, 11) is 0. The molecule has 0 aliphatic heterocycles. The van der Waals surface area contributed by atoms with Gasteiger partial charge in [0.15, 0.2) is 0 Å². The standard InChI is InChI=1S/C19H28N2O5/c1-12(2)14(16(22)21-15(17(23)24)19(3,4)5)20-18(25)26-11-13-9-7-6-8-10-13/h6-10,12,14-15H,11H2,1-5H3,(H,20,25)(H,21,22)(H,23,24)/t14?,15-/m1/s1. The molecule has 26 heavy (non-hydrogen) atoms. The number of benzene rings is 1. The van der Waals surface area contributed by atoms with Crippen molar-refractivity contribution in [2.45, 2.75) is 53.3 Å². The highest BCUT2D eigenvalue weighted by Gasteiger charge is 2.35. The first kappa shape index (κ1) is 21.5. The third-order valence-electron chi connectivity index (χ3n) is 3.83. The number of alkyl carbamates (subject to hydrolysis) is 1. The molecular formula is C19H28N2O5. The van der Waals surface area contributed by atoms with Crippen molar-refractivity contribution in [2.24, 2.45) is 11.3 Å². The van der Waals surface area contributed by atoms with Crippen LogP contribution in [0.1, 0.15) is 40.2 Å². The first-order chi connectivity index (χ1) is 12.0. The number of aliphatic carboxylic acids is 1. The number of carbonyl (C=O) groups is 3. The molecule has 0 radical (unpaired) electrons. The van der Waals surface area contributed by atoms with Crippen LogP contribution in [0.4, 0.5) is 4.79 Å². The average Bonchev–Trinajstić information content (AvgIpc) is 2.54. The van der Waals surface area contributed by atoms with E-state index in [4.69, 9.17) is 4.74 Å². The lowest BCUT2D eigenvalue weighted by Crippen LogP contribution is -2.56. The van der Waals surface area contributed by atoms with E-state index >= 15 is 0 Å². The lowest BCUT2D eigenvalue weighted by molar-refractivity contribution is -0.145. The highest BCUT2D eigenvalue weighted by Crippen LogP contribution is 2.20. The minimum absolute atomic E-state index is 0.0822. The number of nitrogens with one attached hydrogen (secondary N) is 2. The van der Waals surface area contributed by atoms with Gasteiger partial charge in [-0.1, -0.05) is 65.0 Å². The zero-order valence-corrected chi connectivity index (χ0v) is 15.9. The second-order valence-electron chi connectivity index (χ2n) is 7.57. The molecule has 0 aromatic heterocycles. The first-order valence-corrected chi connectivity index (χ1v) is 8.52. The van der Waals surface area contributed by atoms with E-state index < -0.39 is 35.5 Å². The molecule has 1 unspecified atom stereocenters. The Morgan fingerprint density at radius 1 is 1.08 bits per heavy atom. The Labute approximate surface area is 154 Å². The maximum atomic E-state index is 12.5. The second-order valence-corrected chi connectivity index (χ2v) is 7.57. The van der Waals surface area contributed by atoms with Gasteiger partial charge < -0.3 is 20.5 Å². The molecule has 144 valence electrons. The molecule has 1 aromatic rings. The van der Waals surface area contributed by atoms with Crippen molar-refractivity contribution in [3.05, 3.63) is 35.9 Å². The number of carboxylic acids is 1. The molecule has 0 bridgehead atoms. The molecule has 1 aromatic carbocycles. The van der Waals surface area contributed by atoms with E-state index in [1.807, 2.05) is 30.3 Å². The van der Waals surface area contributed by atoms with Crippen LogP contribution in [0.25, 0.3) is 0 Å². The molecule has 2 amide bonds. The zero-order chi connectivity index (χ0) is 19.9. The van der Waals surface area contributed by atoms with Gasteiger partial charge in [-0.05, 0) is 16.9 Å². The molecule has 2 atom stereocenters. The number of ether oxygens (including phenoxy) is 1. The number of hydrogen-bond donors (Lipinski definition) is 3. The Morgan fingerprint density at radius 2 is 1.65 bits per heavy atom. The van der Waals surface area contributed by atoms with Crippen molar-refractivity contribution in [2.75, 3.05) is 0 Å². The van der Waals surface area contributed by atoms with Gasteiger partial charge in [0, 0.05) is 0 Å². The summed E-state index contributed by atoms with van der Waals surface area (Å²) in [6, 6.07) is 7.19. The SMILES string of the molecule is CC(C)C(NC(=O)OCc1ccccc1)C(=O)N[C@H](C(=O)O)C(C)(C)C. The molecule has 0 aliphatic carbocycles. The topological polar surface area (TPSA) is 105 Å². The minimum atomic E-state index is -1.12. The molecule has 0 saturated heterocycles. The molecular weight excluding hydrogens is 336 g/mol. The molecule has 0 fully saturated rings. The Bertz CT molecular complexity index is 623. The summed E-state index contributed by atoms with van der Waals surface area (Å²) in [5, 5.41) is 14.4. The van der Waals surface area contributed by atoms with Crippen LogP contribution >= 0.6 is 0 Å². The van der Waals surface area contributed by atoms with E-state index in [2.05, 4.69) is 10.6 Å². The number of carboxylic acid groups (broad SMARTS) is 1. The van der Waals surface area contributed by atoms with Crippen molar-refractivity contribution in [1.82, 2.24) is 10.6 Å². The van der Waals surface area contributed by atoms with Gasteiger partial charge in [-0.3, -0.25) is 4.79 Å². The highest BCUT2D eigenvalue weighted by atomic mass is 16.5. The summed E-state index contributed by atoms with van der Waals surface area (Å²) in [5.41, 5.74) is 0.156. The lowest BCUT2D eigenvalue weighted by atomic mass is 9.86. The first-order valence-electron chi connectivity index (χ1n) is 8.52. The zero-order valence-electron chi connectivity index (χ0n) is 15.9. The predicted molar refractivity (Wildman–Crippen MR) is 97.4 cm³/mol. The quantitative estimate of drug-likeness (QED) is 0.690.